The predicted molar refractivity (Wildman–Crippen MR) is 89.4 cm³/mol. The molecule has 1 fully saturated rings. The van der Waals surface area contributed by atoms with Crippen LogP contribution >= 0.6 is 15.9 Å². The molecule has 2 aromatic rings. The van der Waals surface area contributed by atoms with Crippen molar-refractivity contribution >= 4 is 21.8 Å². The zero-order valence-corrected chi connectivity index (χ0v) is 14.5. The molecule has 0 N–H and O–H groups in total. The Balaban J connectivity index is 1.62. The fourth-order valence-electron chi connectivity index (χ4n) is 2.83. The molecule has 1 heterocycles. The molecule has 0 spiro atoms. The van der Waals surface area contributed by atoms with Crippen molar-refractivity contribution in [3.05, 3.63) is 52.3 Å². The van der Waals surface area contributed by atoms with Crippen LogP contribution in [0.3, 0.4) is 0 Å². The van der Waals surface area contributed by atoms with Crippen molar-refractivity contribution < 1.29 is 4.79 Å². The van der Waals surface area contributed by atoms with E-state index in [1.165, 1.54) is 5.56 Å². The average molecular weight is 362 g/mol. The van der Waals surface area contributed by atoms with Gasteiger partial charge in [-0.2, -0.15) is 5.10 Å². The summed E-state index contributed by atoms with van der Waals surface area (Å²) in [5.41, 5.74) is 2.18. The molecule has 1 aromatic heterocycles. The minimum atomic E-state index is 0.124. The fraction of sp³-hybridized carbons (Fsp3) is 0.412. The molecular formula is C17H20BrN3O. The van der Waals surface area contributed by atoms with E-state index in [-0.39, 0.29) is 11.8 Å². The summed E-state index contributed by atoms with van der Waals surface area (Å²) < 4.78 is 2.84. The molecule has 1 amide bonds. The highest BCUT2D eigenvalue weighted by Gasteiger charge is 2.45. The second-order valence-electron chi connectivity index (χ2n) is 5.83. The SMILES string of the molecule is CCn1cc(Br)c(CN(C)C(=O)C2CC2c2ccccc2)n1. The molecule has 0 saturated heterocycles. The van der Waals surface area contributed by atoms with E-state index in [4.69, 9.17) is 0 Å². The number of nitrogens with zero attached hydrogens (tertiary/aromatic N) is 3. The van der Waals surface area contributed by atoms with Crippen LogP contribution in [-0.4, -0.2) is 27.6 Å². The van der Waals surface area contributed by atoms with Crippen molar-refractivity contribution in [2.75, 3.05) is 7.05 Å². The maximum absolute atomic E-state index is 12.6. The van der Waals surface area contributed by atoms with Crippen LogP contribution in [0.25, 0.3) is 0 Å². The molecule has 1 aromatic carbocycles. The lowest BCUT2D eigenvalue weighted by Crippen LogP contribution is -2.28. The Labute approximate surface area is 139 Å². The molecule has 22 heavy (non-hydrogen) atoms. The van der Waals surface area contributed by atoms with Crippen LogP contribution in [0, 0.1) is 5.92 Å². The molecule has 1 aliphatic rings. The number of hydrogen-bond donors (Lipinski definition) is 0. The summed E-state index contributed by atoms with van der Waals surface area (Å²) in [6.07, 6.45) is 2.91. The fourth-order valence-corrected chi connectivity index (χ4v) is 3.27. The summed E-state index contributed by atoms with van der Waals surface area (Å²) in [4.78, 5) is 14.3. The van der Waals surface area contributed by atoms with Gasteiger partial charge in [0.15, 0.2) is 0 Å². The third-order valence-corrected chi connectivity index (χ3v) is 4.87. The number of aromatic nitrogens is 2. The van der Waals surface area contributed by atoms with Crippen LogP contribution in [0.15, 0.2) is 41.0 Å². The minimum Gasteiger partial charge on any atom is -0.339 e. The van der Waals surface area contributed by atoms with Crippen LogP contribution in [0.4, 0.5) is 0 Å². The van der Waals surface area contributed by atoms with Gasteiger partial charge in [0, 0.05) is 25.7 Å². The van der Waals surface area contributed by atoms with Gasteiger partial charge in [-0.3, -0.25) is 9.48 Å². The molecule has 1 saturated carbocycles. The number of amides is 1. The van der Waals surface area contributed by atoms with E-state index in [9.17, 15) is 4.79 Å². The second-order valence-corrected chi connectivity index (χ2v) is 6.69. The first-order valence-corrected chi connectivity index (χ1v) is 8.41. The van der Waals surface area contributed by atoms with E-state index < -0.39 is 0 Å². The highest BCUT2D eigenvalue weighted by Crippen LogP contribution is 2.48. The van der Waals surface area contributed by atoms with E-state index >= 15 is 0 Å². The van der Waals surface area contributed by atoms with Crippen LogP contribution in [0.1, 0.15) is 30.5 Å². The van der Waals surface area contributed by atoms with Gasteiger partial charge in [0.1, 0.15) is 0 Å². The van der Waals surface area contributed by atoms with Gasteiger partial charge in [0.05, 0.1) is 16.7 Å². The van der Waals surface area contributed by atoms with Gasteiger partial charge in [0.25, 0.3) is 0 Å². The highest BCUT2D eigenvalue weighted by atomic mass is 79.9. The summed E-state index contributed by atoms with van der Waals surface area (Å²) in [5, 5.41) is 4.48. The monoisotopic (exact) mass is 361 g/mol. The Morgan fingerprint density at radius 2 is 2.14 bits per heavy atom. The molecule has 2 atom stereocenters. The molecule has 4 nitrogen and oxygen atoms in total. The van der Waals surface area contributed by atoms with Gasteiger partial charge >= 0.3 is 0 Å². The molecule has 1 aliphatic carbocycles. The van der Waals surface area contributed by atoms with Crippen molar-refractivity contribution in [2.24, 2.45) is 5.92 Å². The number of rotatable bonds is 5. The smallest absolute Gasteiger partial charge is 0.226 e. The summed E-state index contributed by atoms with van der Waals surface area (Å²) in [6.45, 7) is 3.42. The Hall–Kier alpha value is -1.62. The predicted octanol–water partition coefficient (Wildman–Crippen LogP) is 3.43. The molecular weight excluding hydrogens is 342 g/mol. The number of carbonyl (C=O) groups is 1. The summed E-state index contributed by atoms with van der Waals surface area (Å²) >= 11 is 3.52. The van der Waals surface area contributed by atoms with Gasteiger partial charge in [-0.15, -0.1) is 0 Å². The summed E-state index contributed by atoms with van der Waals surface area (Å²) in [5.74, 6) is 0.721. The standard InChI is InChI=1S/C17H20BrN3O/c1-3-21-10-15(18)16(19-21)11-20(2)17(22)14-9-13(14)12-7-5-4-6-8-12/h4-8,10,13-14H,3,9,11H2,1-2H3. The van der Waals surface area contributed by atoms with Gasteiger partial charge in [-0.25, -0.2) is 0 Å². The van der Waals surface area contributed by atoms with Gasteiger partial charge in [0.2, 0.25) is 5.91 Å². The summed E-state index contributed by atoms with van der Waals surface area (Å²) in [7, 11) is 1.86. The minimum absolute atomic E-state index is 0.124. The Bertz CT molecular complexity index is 668. The molecule has 116 valence electrons. The molecule has 5 heteroatoms. The molecule has 0 radical (unpaired) electrons. The Morgan fingerprint density at radius 1 is 1.41 bits per heavy atom. The lowest BCUT2D eigenvalue weighted by molar-refractivity contribution is -0.131. The number of benzene rings is 1. The maximum atomic E-state index is 12.6. The first-order valence-electron chi connectivity index (χ1n) is 7.62. The Morgan fingerprint density at radius 3 is 2.77 bits per heavy atom. The van der Waals surface area contributed by atoms with Crippen molar-refractivity contribution in [3.63, 3.8) is 0 Å². The Kier molecular flexibility index (Phi) is 4.34. The van der Waals surface area contributed by atoms with Gasteiger partial charge in [-0.05, 0) is 40.8 Å². The third-order valence-electron chi connectivity index (χ3n) is 4.21. The highest BCUT2D eigenvalue weighted by molar-refractivity contribution is 9.10. The van der Waals surface area contributed by atoms with E-state index in [1.54, 1.807) is 4.90 Å². The average Bonchev–Trinajstić information content (AvgIpc) is 3.26. The first-order chi connectivity index (χ1) is 10.6. The zero-order chi connectivity index (χ0) is 15.7. The zero-order valence-electron chi connectivity index (χ0n) is 12.9. The van der Waals surface area contributed by atoms with Crippen LogP contribution in [-0.2, 0) is 17.9 Å². The maximum Gasteiger partial charge on any atom is 0.226 e. The van der Waals surface area contributed by atoms with E-state index in [1.807, 2.05) is 43.0 Å². The number of hydrogen-bond acceptors (Lipinski definition) is 2. The summed E-state index contributed by atoms with van der Waals surface area (Å²) in [6, 6.07) is 10.3. The first kappa shape index (κ1) is 15.3. The molecule has 0 bridgehead atoms. The van der Waals surface area contributed by atoms with Gasteiger partial charge in [-0.1, -0.05) is 30.3 Å². The van der Waals surface area contributed by atoms with Crippen molar-refractivity contribution in [2.45, 2.75) is 32.4 Å². The number of aryl methyl sites for hydroxylation is 1. The van der Waals surface area contributed by atoms with Crippen molar-refractivity contribution in [1.29, 1.82) is 0 Å². The molecule has 2 unspecified atom stereocenters. The normalized spacial score (nSPS) is 20.0. The number of carbonyl (C=O) groups excluding carboxylic acids is 1. The van der Waals surface area contributed by atoms with Crippen LogP contribution in [0.5, 0.6) is 0 Å². The quantitative estimate of drug-likeness (QED) is 0.818. The lowest BCUT2D eigenvalue weighted by Gasteiger charge is -2.16. The molecule has 0 aliphatic heterocycles. The van der Waals surface area contributed by atoms with Gasteiger partial charge < -0.3 is 4.90 Å². The van der Waals surface area contributed by atoms with E-state index in [0.29, 0.717) is 12.5 Å². The largest absolute Gasteiger partial charge is 0.339 e. The topological polar surface area (TPSA) is 38.1 Å². The van der Waals surface area contributed by atoms with Crippen molar-refractivity contribution in [3.8, 4) is 0 Å². The third kappa shape index (κ3) is 3.09. The van der Waals surface area contributed by atoms with E-state index in [2.05, 4.69) is 33.2 Å². The second kappa shape index (κ2) is 6.24. The number of halogens is 1. The lowest BCUT2D eigenvalue weighted by atomic mass is 10.1. The molecule has 3 rings (SSSR count). The van der Waals surface area contributed by atoms with Crippen molar-refractivity contribution in [1.82, 2.24) is 14.7 Å². The van der Waals surface area contributed by atoms with Crippen LogP contribution < -0.4 is 0 Å². The van der Waals surface area contributed by atoms with Crippen LogP contribution in [0.2, 0.25) is 0 Å². The van der Waals surface area contributed by atoms with E-state index in [0.717, 1.165) is 23.1 Å².